The summed E-state index contributed by atoms with van der Waals surface area (Å²) in [5, 5.41) is 0.0382. The molecule has 1 saturated heterocycles. The number of nitrogens with one attached hydrogen (secondary N) is 1. The third kappa shape index (κ3) is 3.13. The molecule has 2 rings (SSSR count). The zero-order valence-corrected chi connectivity index (χ0v) is 13.0. The van der Waals surface area contributed by atoms with Gasteiger partial charge in [0.15, 0.2) is 10.8 Å². The summed E-state index contributed by atoms with van der Waals surface area (Å²) in [6, 6.07) is 0.504. The van der Waals surface area contributed by atoms with E-state index < -0.39 is 10.0 Å². The maximum Gasteiger partial charge on any atom is 0.260 e. The first-order valence-electron chi connectivity index (χ1n) is 6.81. The maximum atomic E-state index is 12.2. The van der Waals surface area contributed by atoms with Crippen LogP contribution in [0.25, 0.3) is 0 Å². The number of anilines is 1. The van der Waals surface area contributed by atoms with Crippen LogP contribution in [0.2, 0.25) is 0 Å². The highest BCUT2D eigenvalue weighted by Gasteiger charge is 2.27. The summed E-state index contributed by atoms with van der Waals surface area (Å²) >= 11 is 0. The Balaban J connectivity index is 1.98. The van der Waals surface area contributed by atoms with Crippen LogP contribution in [-0.2, 0) is 17.1 Å². The van der Waals surface area contributed by atoms with Crippen LogP contribution in [0.15, 0.2) is 11.4 Å². The lowest BCUT2D eigenvalue weighted by molar-refractivity contribution is 0.265. The van der Waals surface area contributed by atoms with Crippen molar-refractivity contribution in [3.05, 3.63) is 6.33 Å². The zero-order chi connectivity index (χ0) is 14.9. The molecular weight excluding hydrogens is 278 g/mol. The molecule has 0 aromatic carbocycles. The molecule has 20 heavy (non-hydrogen) atoms. The predicted molar refractivity (Wildman–Crippen MR) is 77.6 cm³/mol. The van der Waals surface area contributed by atoms with Crippen molar-refractivity contribution in [3.63, 3.8) is 0 Å². The lowest BCUT2D eigenvalue weighted by Crippen LogP contribution is -2.33. The molecule has 0 spiro atoms. The molecule has 0 aliphatic carbocycles. The van der Waals surface area contributed by atoms with Gasteiger partial charge in [0.2, 0.25) is 0 Å². The van der Waals surface area contributed by atoms with Crippen molar-refractivity contribution in [1.29, 1.82) is 0 Å². The van der Waals surface area contributed by atoms with Crippen LogP contribution in [0, 0.1) is 5.92 Å². The van der Waals surface area contributed by atoms with Crippen molar-refractivity contribution in [2.24, 2.45) is 13.0 Å². The van der Waals surface area contributed by atoms with Crippen molar-refractivity contribution in [2.45, 2.75) is 31.3 Å². The van der Waals surface area contributed by atoms with Crippen LogP contribution in [0.1, 0.15) is 20.3 Å². The van der Waals surface area contributed by atoms with Gasteiger partial charge < -0.3 is 15.2 Å². The molecule has 0 radical (unpaired) electrons. The van der Waals surface area contributed by atoms with Crippen molar-refractivity contribution in [2.75, 3.05) is 25.4 Å². The molecule has 2 heterocycles. The van der Waals surface area contributed by atoms with E-state index >= 15 is 0 Å². The standard InChI is InChI=1S/C12H23N5O2S/c1-9(2)17-5-4-10(7-17)6-15-20(18,19)12-11(13)14-8-16(12)3/h8-10,15H,4-7,13H2,1-3H3. The number of imidazole rings is 1. The summed E-state index contributed by atoms with van der Waals surface area (Å²) in [5.74, 6) is 0.386. The van der Waals surface area contributed by atoms with Crippen LogP contribution in [0.3, 0.4) is 0 Å². The Morgan fingerprint density at radius 3 is 2.75 bits per heavy atom. The number of hydrogen-bond acceptors (Lipinski definition) is 5. The lowest BCUT2D eigenvalue weighted by atomic mass is 10.1. The van der Waals surface area contributed by atoms with Crippen LogP contribution in [-0.4, -0.2) is 48.5 Å². The smallest absolute Gasteiger partial charge is 0.260 e. The first-order valence-corrected chi connectivity index (χ1v) is 8.30. The molecule has 114 valence electrons. The van der Waals surface area contributed by atoms with Crippen molar-refractivity contribution >= 4 is 15.8 Å². The normalized spacial score (nSPS) is 20.9. The Kier molecular flexibility index (Phi) is 4.36. The van der Waals surface area contributed by atoms with Gasteiger partial charge in [0.05, 0.1) is 6.33 Å². The summed E-state index contributed by atoms with van der Waals surface area (Å²) in [4.78, 5) is 6.17. The molecule has 1 unspecified atom stereocenters. The van der Waals surface area contributed by atoms with Crippen LogP contribution >= 0.6 is 0 Å². The molecule has 0 amide bonds. The molecule has 1 aromatic heterocycles. The van der Waals surface area contributed by atoms with Crippen LogP contribution < -0.4 is 10.5 Å². The fraction of sp³-hybridized carbons (Fsp3) is 0.750. The number of aromatic nitrogens is 2. The van der Waals surface area contributed by atoms with Crippen LogP contribution in [0.4, 0.5) is 5.82 Å². The highest BCUT2D eigenvalue weighted by atomic mass is 32.2. The fourth-order valence-electron chi connectivity index (χ4n) is 2.56. The second-order valence-electron chi connectivity index (χ2n) is 5.64. The molecule has 1 aromatic rings. The number of nitrogen functional groups attached to an aromatic ring is 1. The highest BCUT2D eigenvalue weighted by molar-refractivity contribution is 7.89. The molecular formula is C12H23N5O2S. The Bertz CT molecular complexity index is 547. The number of aryl methyl sites for hydroxylation is 1. The van der Waals surface area contributed by atoms with E-state index in [9.17, 15) is 8.42 Å². The Morgan fingerprint density at radius 1 is 1.55 bits per heavy atom. The van der Waals surface area contributed by atoms with Gasteiger partial charge in [0.25, 0.3) is 10.0 Å². The van der Waals surface area contributed by atoms with Gasteiger partial charge in [0, 0.05) is 26.2 Å². The molecule has 0 saturated carbocycles. The van der Waals surface area contributed by atoms with E-state index in [0.29, 0.717) is 18.5 Å². The minimum absolute atomic E-state index is 0.0372. The number of hydrogen-bond donors (Lipinski definition) is 2. The fourth-order valence-corrected chi connectivity index (χ4v) is 3.90. The van der Waals surface area contributed by atoms with E-state index in [1.54, 1.807) is 7.05 Å². The maximum absolute atomic E-state index is 12.2. The summed E-state index contributed by atoms with van der Waals surface area (Å²) in [5.41, 5.74) is 5.61. The SMILES string of the molecule is CC(C)N1CCC(CNS(=O)(=O)c2c(N)ncn2C)C1. The summed E-state index contributed by atoms with van der Waals surface area (Å²) in [7, 11) is -1.98. The first kappa shape index (κ1) is 15.3. The van der Waals surface area contributed by atoms with E-state index in [-0.39, 0.29) is 10.8 Å². The number of nitrogens with two attached hydrogens (primary N) is 1. The lowest BCUT2D eigenvalue weighted by Gasteiger charge is -2.20. The Hall–Kier alpha value is -1.12. The van der Waals surface area contributed by atoms with Gasteiger partial charge in [-0.1, -0.05) is 0 Å². The van der Waals surface area contributed by atoms with Gasteiger partial charge in [-0.3, -0.25) is 0 Å². The van der Waals surface area contributed by atoms with Gasteiger partial charge >= 0.3 is 0 Å². The van der Waals surface area contributed by atoms with E-state index in [0.717, 1.165) is 19.5 Å². The number of rotatable bonds is 5. The molecule has 1 aliphatic rings. The average molecular weight is 301 g/mol. The zero-order valence-electron chi connectivity index (χ0n) is 12.2. The van der Waals surface area contributed by atoms with E-state index in [1.165, 1.54) is 10.9 Å². The van der Waals surface area contributed by atoms with Gasteiger partial charge in [-0.15, -0.1) is 0 Å². The largest absolute Gasteiger partial charge is 0.381 e. The monoisotopic (exact) mass is 301 g/mol. The number of sulfonamides is 1. The van der Waals surface area contributed by atoms with E-state index in [4.69, 9.17) is 5.73 Å². The van der Waals surface area contributed by atoms with E-state index in [2.05, 4.69) is 28.5 Å². The molecule has 7 nitrogen and oxygen atoms in total. The summed E-state index contributed by atoms with van der Waals surface area (Å²) in [6.07, 6.45) is 2.42. The van der Waals surface area contributed by atoms with Crippen LogP contribution in [0.5, 0.6) is 0 Å². The highest BCUT2D eigenvalue weighted by Crippen LogP contribution is 2.19. The Morgan fingerprint density at radius 2 is 2.25 bits per heavy atom. The van der Waals surface area contributed by atoms with E-state index in [1.807, 2.05) is 0 Å². The Labute approximate surface area is 120 Å². The molecule has 0 bridgehead atoms. The average Bonchev–Trinajstić information content (AvgIpc) is 2.94. The number of likely N-dealkylation sites (tertiary alicyclic amines) is 1. The van der Waals surface area contributed by atoms with Crippen molar-refractivity contribution in [3.8, 4) is 0 Å². The molecule has 3 N–H and O–H groups in total. The second kappa shape index (κ2) is 5.71. The van der Waals surface area contributed by atoms with Crippen molar-refractivity contribution in [1.82, 2.24) is 19.2 Å². The number of nitrogens with zero attached hydrogens (tertiary/aromatic N) is 3. The van der Waals surface area contributed by atoms with Gasteiger partial charge in [0.1, 0.15) is 0 Å². The molecule has 1 fully saturated rings. The van der Waals surface area contributed by atoms with Gasteiger partial charge in [-0.25, -0.2) is 18.1 Å². The minimum Gasteiger partial charge on any atom is -0.381 e. The second-order valence-corrected chi connectivity index (χ2v) is 7.32. The predicted octanol–water partition coefficient (Wildman–Crippen LogP) is 0.0109. The minimum atomic E-state index is -3.60. The third-order valence-corrected chi connectivity index (χ3v) is 5.33. The topological polar surface area (TPSA) is 93.2 Å². The van der Waals surface area contributed by atoms with Gasteiger partial charge in [-0.2, -0.15) is 0 Å². The van der Waals surface area contributed by atoms with Crippen molar-refractivity contribution < 1.29 is 8.42 Å². The quantitative estimate of drug-likeness (QED) is 0.799. The molecule has 1 atom stereocenters. The first-order chi connectivity index (χ1) is 9.31. The van der Waals surface area contributed by atoms with Gasteiger partial charge in [-0.05, 0) is 32.7 Å². The molecule has 8 heteroatoms. The summed E-state index contributed by atoms with van der Waals surface area (Å²) in [6.45, 7) is 6.71. The summed E-state index contributed by atoms with van der Waals surface area (Å²) < 4.78 is 28.6. The molecule has 1 aliphatic heterocycles. The third-order valence-electron chi connectivity index (χ3n) is 3.77.